The van der Waals surface area contributed by atoms with E-state index in [9.17, 15) is 8.42 Å². The number of sulfonamides is 1. The van der Waals surface area contributed by atoms with Crippen LogP contribution in [0.2, 0.25) is 0 Å². The van der Waals surface area contributed by atoms with Crippen molar-refractivity contribution in [1.82, 2.24) is 0 Å². The highest BCUT2D eigenvalue weighted by atomic mass is 32.2. The summed E-state index contributed by atoms with van der Waals surface area (Å²) in [5.41, 5.74) is 6.20. The molecule has 0 aromatic heterocycles. The first-order valence-electron chi connectivity index (χ1n) is 6.11. The molecule has 0 radical (unpaired) electrons. The normalized spacial score (nSPS) is 13.3. The molecule has 0 bridgehead atoms. The number of nitrogens with two attached hydrogens (primary N) is 1. The largest absolute Gasteiger partial charge is 0.409 e. The van der Waals surface area contributed by atoms with Gasteiger partial charge in [0.1, 0.15) is 0 Å². The number of nitrogens with zero attached hydrogens (tertiary/aromatic N) is 2. The van der Waals surface area contributed by atoms with E-state index in [0.29, 0.717) is 11.3 Å². The molecule has 1 aromatic carbocycles. The fraction of sp³-hybridized carbons (Fsp3) is 0.462. The van der Waals surface area contributed by atoms with Crippen LogP contribution < -0.4 is 10.0 Å². The number of benzene rings is 1. The Hall–Kier alpha value is -1.76. The van der Waals surface area contributed by atoms with Gasteiger partial charge in [0.05, 0.1) is 11.4 Å². The minimum atomic E-state index is -3.39. The summed E-state index contributed by atoms with van der Waals surface area (Å²) in [5.74, 6) is 0.0372. The van der Waals surface area contributed by atoms with Gasteiger partial charge < -0.3 is 10.9 Å². The van der Waals surface area contributed by atoms with Gasteiger partial charge in [-0.3, -0.25) is 4.31 Å². The van der Waals surface area contributed by atoms with Crippen molar-refractivity contribution in [2.24, 2.45) is 16.3 Å². The standard InChI is InChI=1S/C13H21N3O3S/c1-13(2,3)9-20(18,19)16(4)11-7-5-10(6-8-11)12(14)15-17/h5-8,17H,9H2,1-4H3,(H2,14,15). The first-order valence-corrected chi connectivity index (χ1v) is 7.72. The lowest BCUT2D eigenvalue weighted by atomic mass is 10.0. The van der Waals surface area contributed by atoms with E-state index in [0.717, 1.165) is 0 Å². The van der Waals surface area contributed by atoms with Gasteiger partial charge in [-0.05, 0) is 29.7 Å². The Morgan fingerprint density at radius 2 is 1.80 bits per heavy atom. The van der Waals surface area contributed by atoms with Gasteiger partial charge in [-0.2, -0.15) is 0 Å². The Kier molecular flexibility index (Phi) is 4.65. The molecule has 1 rings (SSSR count). The summed E-state index contributed by atoms with van der Waals surface area (Å²) in [6.07, 6.45) is 0. The lowest BCUT2D eigenvalue weighted by molar-refractivity contribution is 0.318. The molecule has 6 nitrogen and oxygen atoms in total. The van der Waals surface area contributed by atoms with Gasteiger partial charge in [0.25, 0.3) is 0 Å². The molecule has 0 atom stereocenters. The molecule has 0 aliphatic rings. The van der Waals surface area contributed by atoms with E-state index in [1.807, 2.05) is 20.8 Å². The van der Waals surface area contributed by atoms with Crippen LogP contribution in [0, 0.1) is 5.41 Å². The number of anilines is 1. The predicted octanol–water partition coefficient (Wildman–Crippen LogP) is 1.59. The van der Waals surface area contributed by atoms with Gasteiger partial charge in [-0.1, -0.05) is 25.9 Å². The van der Waals surface area contributed by atoms with Crippen LogP contribution in [0.1, 0.15) is 26.3 Å². The molecule has 0 amide bonds. The lowest BCUT2D eigenvalue weighted by Crippen LogP contribution is -2.34. The van der Waals surface area contributed by atoms with E-state index in [2.05, 4.69) is 5.16 Å². The van der Waals surface area contributed by atoms with E-state index in [1.165, 1.54) is 11.4 Å². The van der Waals surface area contributed by atoms with Crippen LogP contribution in [0.25, 0.3) is 0 Å². The van der Waals surface area contributed by atoms with Gasteiger partial charge in [-0.25, -0.2) is 8.42 Å². The molecular weight excluding hydrogens is 278 g/mol. The Balaban J connectivity index is 3.01. The molecule has 1 aromatic rings. The third-order valence-corrected chi connectivity index (χ3v) is 4.94. The van der Waals surface area contributed by atoms with Gasteiger partial charge in [0, 0.05) is 12.6 Å². The molecule has 0 saturated carbocycles. The maximum atomic E-state index is 12.3. The minimum absolute atomic E-state index is 0.0169. The zero-order chi connectivity index (χ0) is 15.6. The predicted molar refractivity (Wildman–Crippen MR) is 80.6 cm³/mol. The summed E-state index contributed by atoms with van der Waals surface area (Å²) in [6.45, 7) is 5.62. The fourth-order valence-electron chi connectivity index (χ4n) is 1.70. The monoisotopic (exact) mass is 299 g/mol. The van der Waals surface area contributed by atoms with Crippen LogP contribution in [0.3, 0.4) is 0 Å². The van der Waals surface area contributed by atoms with Crippen LogP contribution in [0.5, 0.6) is 0 Å². The smallest absolute Gasteiger partial charge is 0.235 e. The third kappa shape index (κ3) is 4.12. The lowest BCUT2D eigenvalue weighted by Gasteiger charge is -2.25. The Bertz CT molecular complexity index is 586. The van der Waals surface area contributed by atoms with Crippen LogP contribution in [-0.4, -0.2) is 32.3 Å². The third-order valence-electron chi connectivity index (χ3n) is 2.67. The summed E-state index contributed by atoms with van der Waals surface area (Å²) >= 11 is 0. The maximum absolute atomic E-state index is 12.3. The maximum Gasteiger partial charge on any atom is 0.235 e. The minimum Gasteiger partial charge on any atom is -0.409 e. The highest BCUT2D eigenvalue weighted by Gasteiger charge is 2.25. The number of oxime groups is 1. The van der Waals surface area contributed by atoms with Crippen molar-refractivity contribution < 1.29 is 13.6 Å². The van der Waals surface area contributed by atoms with Crippen LogP contribution >= 0.6 is 0 Å². The molecule has 0 aliphatic heterocycles. The van der Waals surface area contributed by atoms with Crippen molar-refractivity contribution in [2.45, 2.75) is 20.8 Å². The summed E-state index contributed by atoms with van der Waals surface area (Å²) < 4.78 is 25.8. The molecule has 0 aliphatic carbocycles. The topological polar surface area (TPSA) is 96.0 Å². The molecule has 3 N–H and O–H groups in total. The molecule has 7 heteroatoms. The Morgan fingerprint density at radius 1 is 1.30 bits per heavy atom. The molecule has 112 valence electrons. The van der Waals surface area contributed by atoms with E-state index in [4.69, 9.17) is 10.9 Å². The van der Waals surface area contributed by atoms with Crippen molar-refractivity contribution in [2.75, 3.05) is 17.1 Å². The summed E-state index contributed by atoms with van der Waals surface area (Å²) in [4.78, 5) is 0. The summed E-state index contributed by atoms with van der Waals surface area (Å²) in [5, 5.41) is 11.5. The molecule has 0 unspecified atom stereocenters. The molecular formula is C13H21N3O3S. The zero-order valence-corrected chi connectivity index (χ0v) is 13.0. The second-order valence-electron chi connectivity index (χ2n) is 5.82. The van der Waals surface area contributed by atoms with Crippen molar-refractivity contribution in [3.05, 3.63) is 29.8 Å². The molecule has 0 spiro atoms. The first-order chi connectivity index (χ1) is 9.07. The number of hydrogen-bond donors (Lipinski definition) is 2. The van der Waals surface area contributed by atoms with Crippen LogP contribution in [0.4, 0.5) is 5.69 Å². The van der Waals surface area contributed by atoms with Crippen LogP contribution in [0.15, 0.2) is 29.4 Å². The van der Waals surface area contributed by atoms with Gasteiger partial charge in [-0.15, -0.1) is 0 Å². The van der Waals surface area contributed by atoms with Crippen molar-refractivity contribution in [1.29, 1.82) is 0 Å². The van der Waals surface area contributed by atoms with Crippen molar-refractivity contribution in [3.8, 4) is 0 Å². The van der Waals surface area contributed by atoms with Crippen molar-refractivity contribution in [3.63, 3.8) is 0 Å². The van der Waals surface area contributed by atoms with Gasteiger partial charge >= 0.3 is 0 Å². The average molecular weight is 299 g/mol. The quantitative estimate of drug-likeness (QED) is 0.382. The molecule has 20 heavy (non-hydrogen) atoms. The average Bonchev–Trinajstić information content (AvgIpc) is 2.34. The number of amidine groups is 1. The van der Waals surface area contributed by atoms with Gasteiger partial charge in [0.15, 0.2) is 5.84 Å². The number of rotatable bonds is 4. The fourth-order valence-corrected chi connectivity index (χ4v) is 3.44. The molecule has 0 heterocycles. The van der Waals surface area contributed by atoms with Gasteiger partial charge in [0.2, 0.25) is 10.0 Å². The molecule has 0 saturated heterocycles. The second-order valence-corrected chi connectivity index (χ2v) is 7.82. The van der Waals surface area contributed by atoms with E-state index >= 15 is 0 Å². The number of hydrogen-bond acceptors (Lipinski definition) is 4. The second kappa shape index (κ2) is 5.70. The van der Waals surface area contributed by atoms with E-state index in [-0.39, 0.29) is 17.0 Å². The Morgan fingerprint density at radius 3 is 2.20 bits per heavy atom. The highest BCUT2D eigenvalue weighted by molar-refractivity contribution is 7.92. The SMILES string of the molecule is CN(c1ccc(C(N)=NO)cc1)S(=O)(=O)CC(C)(C)C. The van der Waals surface area contributed by atoms with E-state index in [1.54, 1.807) is 24.3 Å². The first kappa shape index (κ1) is 16.3. The highest BCUT2D eigenvalue weighted by Crippen LogP contribution is 2.22. The van der Waals surface area contributed by atoms with Crippen molar-refractivity contribution >= 4 is 21.5 Å². The zero-order valence-electron chi connectivity index (χ0n) is 12.2. The molecule has 0 fully saturated rings. The summed E-state index contributed by atoms with van der Waals surface area (Å²) in [7, 11) is -1.87. The summed E-state index contributed by atoms with van der Waals surface area (Å²) in [6, 6.07) is 6.45. The van der Waals surface area contributed by atoms with E-state index < -0.39 is 10.0 Å². The van der Waals surface area contributed by atoms with Crippen LogP contribution in [-0.2, 0) is 10.0 Å². The Labute approximate surface area is 119 Å².